The van der Waals surface area contributed by atoms with Crippen LogP contribution in [0.2, 0.25) is 25.1 Å². The fourth-order valence-corrected chi connectivity index (χ4v) is 4.46. The van der Waals surface area contributed by atoms with Crippen LogP contribution in [-0.2, 0) is 9.53 Å². The molecule has 0 N–H and O–H groups in total. The number of carbonyl (C=O) groups excluding carboxylic acids is 1. The average Bonchev–Trinajstić information content (AvgIpc) is 2.96. The van der Waals surface area contributed by atoms with E-state index in [1.54, 1.807) is 39.8 Å². The van der Waals surface area contributed by atoms with Gasteiger partial charge in [-0.1, -0.05) is 58.0 Å². The van der Waals surface area contributed by atoms with Gasteiger partial charge in [0.25, 0.3) is 11.4 Å². The van der Waals surface area contributed by atoms with Gasteiger partial charge >= 0.3 is 11.7 Å². The van der Waals surface area contributed by atoms with Crippen LogP contribution in [0, 0.1) is 48.6 Å². The lowest BCUT2D eigenvalue weighted by Gasteiger charge is -2.19. The van der Waals surface area contributed by atoms with Crippen LogP contribution >= 0.6 is 58.0 Å². The van der Waals surface area contributed by atoms with Crippen LogP contribution in [0.1, 0.15) is 26.3 Å². The SMILES string of the molecule is CC(C)(C)OC(=O)COc1c(Cl)cc([N+](=O)[O-])cc1Cl.COc1cc(C)c(Cl)cc1[N+](=O)[O-].N#CCOc1c(Cl)cc([N+](=O)[O-])cc1Cl. The summed E-state index contributed by atoms with van der Waals surface area (Å²) in [5.41, 5.74) is -0.482. The van der Waals surface area contributed by atoms with Gasteiger partial charge < -0.3 is 18.9 Å². The lowest BCUT2D eigenvalue weighted by atomic mass is 10.2. The molecule has 0 saturated heterocycles. The van der Waals surface area contributed by atoms with Gasteiger partial charge in [-0.3, -0.25) is 30.3 Å². The van der Waals surface area contributed by atoms with Crippen molar-refractivity contribution in [1.29, 1.82) is 5.26 Å². The van der Waals surface area contributed by atoms with E-state index in [0.29, 0.717) is 5.02 Å². The molecule has 0 amide bonds. The Kier molecular flexibility index (Phi) is 16.4. The third-order valence-electron chi connectivity index (χ3n) is 5.08. The van der Waals surface area contributed by atoms with Crippen molar-refractivity contribution in [2.75, 3.05) is 20.3 Å². The Hall–Kier alpha value is -4.33. The number of halogens is 5. The molecule has 0 aliphatic heterocycles. The Bertz CT molecular complexity index is 1680. The number of nitro benzene ring substituents is 3. The summed E-state index contributed by atoms with van der Waals surface area (Å²) in [6.45, 7) is 6.30. The first-order valence-corrected chi connectivity index (χ1v) is 14.7. The second kappa shape index (κ2) is 18.9. The molecule has 0 radical (unpaired) electrons. The number of hydrogen-bond acceptors (Lipinski definition) is 12. The molecule has 258 valence electrons. The van der Waals surface area contributed by atoms with Gasteiger partial charge in [0.1, 0.15) is 11.7 Å². The number of esters is 1. The van der Waals surface area contributed by atoms with Crippen molar-refractivity contribution < 1.29 is 38.5 Å². The number of nitriles is 1. The highest BCUT2D eigenvalue weighted by molar-refractivity contribution is 6.38. The Labute approximate surface area is 298 Å². The van der Waals surface area contributed by atoms with E-state index in [2.05, 4.69) is 0 Å². The molecular formula is C28H25Cl5N4O11. The fraction of sp³-hybridized carbons (Fsp3) is 0.286. The number of benzene rings is 3. The molecule has 15 nitrogen and oxygen atoms in total. The number of ether oxygens (including phenoxy) is 4. The molecular weight excluding hydrogens is 746 g/mol. The van der Waals surface area contributed by atoms with Crippen LogP contribution in [-0.4, -0.2) is 46.7 Å². The van der Waals surface area contributed by atoms with Crippen LogP contribution in [0.15, 0.2) is 36.4 Å². The lowest BCUT2D eigenvalue weighted by molar-refractivity contribution is -0.385. The molecule has 3 rings (SSSR count). The smallest absolute Gasteiger partial charge is 0.344 e. The van der Waals surface area contributed by atoms with Gasteiger partial charge in [0, 0.05) is 30.3 Å². The first-order chi connectivity index (χ1) is 22.2. The lowest BCUT2D eigenvalue weighted by Crippen LogP contribution is -2.27. The Morgan fingerprint density at radius 1 is 0.771 bits per heavy atom. The molecule has 48 heavy (non-hydrogen) atoms. The highest BCUT2D eigenvalue weighted by Gasteiger charge is 2.20. The van der Waals surface area contributed by atoms with E-state index < -0.39 is 32.9 Å². The van der Waals surface area contributed by atoms with Gasteiger partial charge in [-0.15, -0.1) is 0 Å². The fourth-order valence-electron chi connectivity index (χ4n) is 3.14. The van der Waals surface area contributed by atoms with Crippen molar-refractivity contribution in [1.82, 2.24) is 0 Å². The summed E-state index contributed by atoms with van der Waals surface area (Å²) in [5, 5.41) is 40.1. The molecule has 0 atom stereocenters. The first-order valence-electron chi connectivity index (χ1n) is 12.8. The van der Waals surface area contributed by atoms with Crippen molar-refractivity contribution in [3.8, 4) is 23.3 Å². The molecule has 3 aromatic carbocycles. The third-order valence-corrected chi connectivity index (χ3v) is 6.61. The van der Waals surface area contributed by atoms with E-state index in [-0.39, 0.29) is 61.0 Å². The Balaban J connectivity index is 0.000000370. The molecule has 0 unspecified atom stereocenters. The van der Waals surface area contributed by atoms with E-state index in [4.69, 9.17) is 82.2 Å². The number of non-ortho nitro benzene ring substituents is 2. The average molecular weight is 771 g/mol. The number of methoxy groups -OCH3 is 1. The minimum atomic E-state index is -0.635. The highest BCUT2D eigenvalue weighted by atomic mass is 35.5. The molecule has 0 fully saturated rings. The monoisotopic (exact) mass is 768 g/mol. The van der Waals surface area contributed by atoms with Crippen LogP contribution in [0.25, 0.3) is 0 Å². The second-order valence-electron chi connectivity index (χ2n) is 9.84. The maximum Gasteiger partial charge on any atom is 0.344 e. The van der Waals surface area contributed by atoms with Gasteiger partial charge in [-0.2, -0.15) is 5.26 Å². The van der Waals surface area contributed by atoms with Crippen molar-refractivity contribution in [2.24, 2.45) is 0 Å². The molecule has 0 aromatic heterocycles. The van der Waals surface area contributed by atoms with Crippen molar-refractivity contribution in [3.05, 3.63) is 97.4 Å². The van der Waals surface area contributed by atoms with Crippen molar-refractivity contribution >= 4 is 81.0 Å². The summed E-state index contributed by atoms with van der Waals surface area (Å²) in [4.78, 5) is 41.3. The van der Waals surface area contributed by atoms with Crippen LogP contribution in [0.5, 0.6) is 17.2 Å². The maximum atomic E-state index is 11.5. The number of carbonyl (C=O) groups is 1. The molecule has 20 heteroatoms. The van der Waals surface area contributed by atoms with Crippen LogP contribution in [0.4, 0.5) is 17.1 Å². The number of nitro groups is 3. The van der Waals surface area contributed by atoms with Gasteiger partial charge in [0.05, 0.1) is 47.0 Å². The zero-order valence-corrected chi connectivity index (χ0v) is 29.3. The van der Waals surface area contributed by atoms with E-state index in [0.717, 1.165) is 29.8 Å². The third kappa shape index (κ3) is 13.4. The van der Waals surface area contributed by atoms with Gasteiger partial charge in [-0.25, -0.2) is 4.79 Å². The predicted octanol–water partition coefficient (Wildman–Crippen LogP) is 8.99. The Morgan fingerprint density at radius 3 is 1.56 bits per heavy atom. The van der Waals surface area contributed by atoms with Crippen LogP contribution < -0.4 is 14.2 Å². The van der Waals surface area contributed by atoms with E-state index in [1.807, 2.05) is 0 Å². The molecule has 0 aliphatic carbocycles. The zero-order chi connectivity index (χ0) is 36.9. The molecule has 3 aromatic rings. The number of nitrogens with zero attached hydrogens (tertiary/aromatic N) is 4. The van der Waals surface area contributed by atoms with Gasteiger partial charge in [-0.05, 0) is 39.3 Å². The van der Waals surface area contributed by atoms with E-state index in [9.17, 15) is 35.1 Å². The standard InChI is InChI=1S/C12H13Cl2NO5.C8H4Cl2N2O3.C8H8ClNO3/c1-12(2,3)20-10(16)6-19-11-8(13)4-7(15(17)18)5-9(11)14;9-6-3-5(12(13)14)4-7(10)8(6)15-2-1-11;1-5-3-8(13-2)7(10(11)12)4-6(5)9/h4-5H,6H2,1-3H3;3-4H,2H2;3-4H,1-2H3. The predicted molar refractivity (Wildman–Crippen MR) is 178 cm³/mol. The minimum absolute atomic E-state index is 0.00412. The summed E-state index contributed by atoms with van der Waals surface area (Å²) >= 11 is 28.8. The van der Waals surface area contributed by atoms with E-state index >= 15 is 0 Å². The minimum Gasteiger partial charge on any atom is -0.490 e. The van der Waals surface area contributed by atoms with E-state index in [1.165, 1.54) is 13.2 Å². The summed E-state index contributed by atoms with van der Waals surface area (Å²) in [6.07, 6.45) is 0. The molecule has 0 bridgehead atoms. The Morgan fingerprint density at radius 2 is 1.21 bits per heavy atom. The largest absolute Gasteiger partial charge is 0.490 e. The molecule has 0 aliphatic rings. The van der Waals surface area contributed by atoms with Gasteiger partial charge in [0.2, 0.25) is 0 Å². The maximum absolute atomic E-state index is 11.5. The zero-order valence-electron chi connectivity index (χ0n) is 25.5. The number of hydrogen-bond donors (Lipinski definition) is 0. The molecule has 0 heterocycles. The summed E-state index contributed by atoms with van der Waals surface area (Å²) in [5.74, 6) is -0.287. The summed E-state index contributed by atoms with van der Waals surface area (Å²) in [6, 6.07) is 8.98. The number of aryl methyl sites for hydroxylation is 1. The summed E-state index contributed by atoms with van der Waals surface area (Å²) in [7, 11) is 1.38. The first kappa shape index (κ1) is 41.7. The molecule has 0 saturated carbocycles. The normalized spacial score (nSPS) is 10.2. The summed E-state index contributed by atoms with van der Waals surface area (Å²) < 4.78 is 19.9. The second-order valence-corrected chi connectivity index (χ2v) is 11.9. The van der Waals surface area contributed by atoms with Crippen molar-refractivity contribution in [3.63, 3.8) is 0 Å². The van der Waals surface area contributed by atoms with Crippen molar-refractivity contribution in [2.45, 2.75) is 33.3 Å². The van der Waals surface area contributed by atoms with Crippen LogP contribution in [0.3, 0.4) is 0 Å². The highest BCUT2D eigenvalue weighted by Crippen LogP contribution is 2.38. The quantitative estimate of drug-likeness (QED) is 0.113. The topological polar surface area (TPSA) is 207 Å². The number of rotatable bonds is 9. The molecule has 0 spiro atoms. The van der Waals surface area contributed by atoms with Gasteiger partial charge in [0.15, 0.2) is 30.5 Å².